The third-order valence-corrected chi connectivity index (χ3v) is 5.19. The van der Waals surface area contributed by atoms with Crippen LogP contribution in [-0.4, -0.2) is 19.0 Å². The topological polar surface area (TPSA) is 33.0 Å². The SMILES string of the molecule is CCSc1ccc(C2(C3(C#N)CC3)COC2)cc1. The first-order chi connectivity index (χ1) is 8.76. The molecule has 0 unspecified atom stereocenters. The molecule has 1 saturated heterocycles. The van der Waals surface area contributed by atoms with E-state index in [0.717, 1.165) is 18.6 Å². The Labute approximate surface area is 112 Å². The Morgan fingerprint density at radius 3 is 2.33 bits per heavy atom. The molecule has 0 spiro atoms. The second-order valence-electron chi connectivity index (χ2n) is 5.23. The molecule has 3 heteroatoms. The van der Waals surface area contributed by atoms with Crippen molar-refractivity contribution >= 4 is 11.8 Å². The lowest BCUT2D eigenvalue weighted by atomic mass is 9.67. The standard InChI is InChI=1S/C15H17NOS/c1-2-18-13-5-3-12(4-6-13)15(10-17-11-15)14(9-16)7-8-14/h3-6H,2,7-8,10-11H2,1H3. The molecule has 0 bridgehead atoms. The van der Waals surface area contributed by atoms with Gasteiger partial charge in [-0.15, -0.1) is 11.8 Å². The summed E-state index contributed by atoms with van der Waals surface area (Å²) in [6, 6.07) is 11.3. The van der Waals surface area contributed by atoms with Crippen LogP contribution < -0.4 is 0 Å². The van der Waals surface area contributed by atoms with E-state index >= 15 is 0 Å². The average molecular weight is 259 g/mol. The van der Waals surface area contributed by atoms with Crippen molar-refractivity contribution in [2.24, 2.45) is 5.41 Å². The molecule has 1 aromatic rings. The van der Waals surface area contributed by atoms with Gasteiger partial charge in [-0.3, -0.25) is 0 Å². The van der Waals surface area contributed by atoms with Gasteiger partial charge in [0, 0.05) is 4.90 Å². The zero-order valence-electron chi connectivity index (χ0n) is 10.6. The van der Waals surface area contributed by atoms with E-state index in [9.17, 15) is 5.26 Å². The zero-order chi connectivity index (χ0) is 12.6. The summed E-state index contributed by atoms with van der Waals surface area (Å²) in [6.45, 7) is 3.58. The van der Waals surface area contributed by atoms with Gasteiger partial charge in [0.2, 0.25) is 0 Å². The zero-order valence-corrected chi connectivity index (χ0v) is 11.4. The van der Waals surface area contributed by atoms with Gasteiger partial charge in [0.15, 0.2) is 0 Å². The first kappa shape index (κ1) is 12.1. The molecule has 94 valence electrons. The van der Waals surface area contributed by atoms with Crippen LogP contribution in [0.2, 0.25) is 0 Å². The molecule has 0 atom stereocenters. The van der Waals surface area contributed by atoms with Crippen molar-refractivity contribution in [1.82, 2.24) is 0 Å². The molecular formula is C15H17NOS. The molecule has 0 N–H and O–H groups in total. The fourth-order valence-electron chi connectivity index (χ4n) is 2.88. The van der Waals surface area contributed by atoms with Crippen LogP contribution in [0.3, 0.4) is 0 Å². The van der Waals surface area contributed by atoms with E-state index in [1.807, 2.05) is 11.8 Å². The van der Waals surface area contributed by atoms with Crippen molar-refractivity contribution in [3.63, 3.8) is 0 Å². The minimum absolute atomic E-state index is 0.0306. The summed E-state index contributed by atoms with van der Waals surface area (Å²) >= 11 is 1.85. The third-order valence-electron chi connectivity index (χ3n) is 4.29. The van der Waals surface area contributed by atoms with Crippen LogP contribution in [0.1, 0.15) is 25.3 Å². The highest BCUT2D eigenvalue weighted by molar-refractivity contribution is 7.99. The molecule has 18 heavy (non-hydrogen) atoms. The lowest BCUT2D eigenvalue weighted by Crippen LogP contribution is -2.53. The van der Waals surface area contributed by atoms with Gasteiger partial charge in [0.05, 0.1) is 30.1 Å². The van der Waals surface area contributed by atoms with Gasteiger partial charge >= 0.3 is 0 Å². The van der Waals surface area contributed by atoms with Crippen molar-refractivity contribution < 1.29 is 4.74 Å². The number of rotatable bonds is 4. The van der Waals surface area contributed by atoms with Gasteiger partial charge in [-0.05, 0) is 36.3 Å². The van der Waals surface area contributed by atoms with Gasteiger partial charge in [-0.25, -0.2) is 0 Å². The van der Waals surface area contributed by atoms with Crippen molar-refractivity contribution in [3.8, 4) is 6.07 Å². The van der Waals surface area contributed by atoms with E-state index in [1.165, 1.54) is 10.5 Å². The number of nitriles is 1. The average Bonchev–Trinajstić information content (AvgIpc) is 3.12. The fourth-order valence-corrected chi connectivity index (χ4v) is 3.55. The second-order valence-corrected chi connectivity index (χ2v) is 6.56. The Balaban J connectivity index is 1.91. The number of hydrogen-bond acceptors (Lipinski definition) is 3. The lowest BCUT2D eigenvalue weighted by molar-refractivity contribution is -0.0867. The molecule has 2 nitrogen and oxygen atoms in total. The van der Waals surface area contributed by atoms with Crippen LogP contribution in [0.4, 0.5) is 0 Å². The molecule has 2 fully saturated rings. The minimum Gasteiger partial charge on any atom is -0.379 e. The highest BCUT2D eigenvalue weighted by Gasteiger charge is 2.64. The molecule has 1 heterocycles. The monoisotopic (exact) mass is 259 g/mol. The molecule has 0 radical (unpaired) electrons. The lowest BCUT2D eigenvalue weighted by Gasteiger charge is -2.45. The number of nitrogens with zero attached hydrogens (tertiary/aromatic N) is 1. The maximum Gasteiger partial charge on any atom is 0.0716 e. The Bertz CT molecular complexity index is 480. The van der Waals surface area contributed by atoms with Crippen molar-refractivity contribution in [3.05, 3.63) is 29.8 Å². The predicted molar refractivity (Wildman–Crippen MR) is 72.6 cm³/mol. The molecular weight excluding hydrogens is 242 g/mol. The van der Waals surface area contributed by atoms with Crippen LogP contribution in [0.25, 0.3) is 0 Å². The van der Waals surface area contributed by atoms with E-state index in [0.29, 0.717) is 13.2 Å². The Hall–Kier alpha value is -0.980. The molecule has 3 rings (SSSR count). The number of hydrogen-bond donors (Lipinski definition) is 0. The van der Waals surface area contributed by atoms with Gasteiger partial charge in [-0.1, -0.05) is 19.1 Å². The van der Waals surface area contributed by atoms with E-state index in [2.05, 4.69) is 37.3 Å². The number of ether oxygens (including phenoxy) is 1. The van der Waals surface area contributed by atoms with Gasteiger partial charge in [0.1, 0.15) is 0 Å². The highest BCUT2D eigenvalue weighted by atomic mass is 32.2. The second kappa shape index (κ2) is 4.29. The van der Waals surface area contributed by atoms with Gasteiger partial charge < -0.3 is 4.74 Å². The van der Waals surface area contributed by atoms with E-state index in [1.54, 1.807) is 0 Å². The van der Waals surface area contributed by atoms with Gasteiger partial charge in [-0.2, -0.15) is 5.26 Å². The molecule has 1 aliphatic carbocycles. The number of benzene rings is 1. The van der Waals surface area contributed by atoms with Crippen LogP contribution in [0, 0.1) is 16.7 Å². The van der Waals surface area contributed by atoms with E-state index in [4.69, 9.17) is 4.74 Å². The smallest absolute Gasteiger partial charge is 0.0716 e. The van der Waals surface area contributed by atoms with Crippen molar-refractivity contribution in [2.75, 3.05) is 19.0 Å². The highest BCUT2D eigenvalue weighted by Crippen LogP contribution is 2.62. The Morgan fingerprint density at radius 2 is 1.94 bits per heavy atom. The van der Waals surface area contributed by atoms with Crippen LogP contribution >= 0.6 is 11.8 Å². The molecule has 1 aromatic carbocycles. The predicted octanol–water partition coefficient (Wildman–Crippen LogP) is 3.37. The minimum atomic E-state index is -0.148. The largest absolute Gasteiger partial charge is 0.379 e. The van der Waals surface area contributed by atoms with Crippen LogP contribution in [-0.2, 0) is 10.2 Å². The molecule has 1 saturated carbocycles. The Kier molecular flexibility index (Phi) is 2.88. The van der Waals surface area contributed by atoms with Crippen molar-refractivity contribution in [2.45, 2.75) is 30.1 Å². The normalized spacial score (nSPS) is 22.9. The molecule has 2 aliphatic rings. The number of thioether (sulfide) groups is 1. The summed E-state index contributed by atoms with van der Waals surface area (Å²) in [7, 11) is 0. The summed E-state index contributed by atoms with van der Waals surface area (Å²) in [5.41, 5.74) is 1.11. The van der Waals surface area contributed by atoms with Crippen LogP contribution in [0.15, 0.2) is 29.2 Å². The third kappa shape index (κ3) is 1.60. The Morgan fingerprint density at radius 1 is 1.28 bits per heavy atom. The summed E-state index contributed by atoms with van der Waals surface area (Å²) in [5, 5.41) is 9.45. The first-order valence-corrected chi connectivity index (χ1v) is 7.47. The summed E-state index contributed by atoms with van der Waals surface area (Å²) in [5.74, 6) is 1.09. The van der Waals surface area contributed by atoms with Gasteiger partial charge in [0.25, 0.3) is 0 Å². The summed E-state index contributed by atoms with van der Waals surface area (Å²) in [6.07, 6.45) is 2.05. The first-order valence-electron chi connectivity index (χ1n) is 6.49. The van der Waals surface area contributed by atoms with E-state index < -0.39 is 0 Å². The summed E-state index contributed by atoms with van der Waals surface area (Å²) in [4.78, 5) is 1.30. The van der Waals surface area contributed by atoms with Crippen LogP contribution in [0.5, 0.6) is 0 Å². The molecule has 0 aromatic heterocycles. The maximum absolute atomic E-state index is 9.45. The van der Waals surface area contributed by atoms with E-state index in [-0.39, 0.29) is 10.8 Å². The molecule has 1 aliphatic heterocycles. The fraction of sp³-hybridized carbons (Fsp3) is 0.533. The van der Waals surface area contributed by atoms with Crippen molar-refractivity contribution in [1.29, 1.82) is 5.26 Å². The maximum atomic E-state index is 9.45. The molecule has 0 amide bonds. The summed E-state index contributed by atoms with van der Waals surface area (Å²) < 4.78 is 5.44. The quantitative estimate of drug-likeness (QED) is 0.777.